The quantitative estimate of drug-likeness (QED) is 0.691. The first-order valence-electron chi connectivity index (χ1n) is 7.70. The fraction of sp³-hybridized carbons (Fsp3) is 1.00. The fourth-order valence-corrected chi connectivity index (χ4v) is 3.24. The van der Waals surface area contributed by atoms with Crippen LogP contribution in [0.4, 0.5) is 0 Å². The Morgan fingerprint density at radius 1 is 1.00 bits per heavy atom. The standard InChI is InChI=1S/C16H33N/c1-12(2)8-16(9-13(3)4)17-11-15-7-6-14(5)10-15/h12-17H,6-11H2,1-5H3. The van der Waals surface area contributed by atoms with Gasteiger partial charge in [0.15, 0.2) is 0 Å². The second kappa shape index (κ2) is 7.41. The third-order valence-electron chi connectivity index (χ3n) is 4.01. The second-order valence-electron chi connectivity index (χ2n) is 7.15. The molecule has 0 amide bonds. The Morgan fingerprint density at radius 2 is 1.59 bits per heavy atom. The van der Waals surface area contributed by atoms with Gasteiger partial charge < -0.3 is 5.32 Å². The van der Waals surface area contributed by atoms with Gasteiger partial charge in [-0.1, -0.05) is 41.0 Å². The molecule has 1 nitrogen and oxygen atoms in total. The van der Waals surface area contributed by atoms with E-state index < -0.39 is 0 Å². The van der Waals surface area contributed by atoms with Gasteiger partial charge in [-0.3, -0.25) is 0 Å². The molecule has 1 aliphatic rings. The van der Waals surface area contributed by atoms with Crippen LogP contribution in [0, 0.1) is 23.7 Å². The molecule has 102 valence electrons. The molecular formula is C16H33N. The van der Waals surface area contributed by atoms with Crippen LogP contribution in [0.15, 0.2) is 0 Å². The van der Waals surface area contributed by atoms with Crippen LogP contribution in [-0.4, -0.2) is 12.6 Å². The zero-order valence-electron chi connectivity index (χ0n) is 12.6. The molecule has 0 heterocycles. The Labute approximate surface area is 109 Å². The van der Waals surface area contributed by atoms with Crippen LogP contribution in [-0.2, 0) is 0 Å². The Bertz CT molecular complexity index is 188. The molecular weight excluding hydrogens is 206 g/mol. The minimum atomic E-state index is 0.742. The summed E-state index contributed by atoms with van der Waals surface area (Å²) in [6, 6.07) is 0.742. The van der Waals surface area contributed by atoms with Gasteiger partial charge in [0.05, 0.1) is 0 Å². The van der Waals surface area contributed by atoms with Gasteiger partial charge in [-0.05, 0) is 55.9 Å². The van der Waals surface area contributed by atoms with Crippen LogP contribution >= 0.6 is 0 Å². The smallest absolute Gasteiger partial charge is 0.00720 e. The molecule has 1 N–H and O–H groups in total. The zero-order chi connectivity index (χ0) is 12.8. The predicted octanol–water partition coefficient (Wildman–Crippen LogP) is 4.47. The van der Waals surface area contributed by atoms with Crippen LogP contribution in [0.25, 0.3) is 0 Å². The molecule has 0 spiro atoms. The average molecular weight is 239 g/mol. The van der Waals surface area contributed by atoms with E-state index >= 15 is 0 Å². The van der Waals surface area contributed by atoms with Crippen LogP contribution in [0.3, 0.4) is 0 Å². The molecule has 2 unspecified atom stereocenters. The number of hydrogen-bond donors (Lipinski definition) is 1. The molecule has 0 aromatic rings. The highest BCUT2D eigenvalue weighted by Crippen LogP contribution is 2.30. The molecule has 1 rings (SSSR count). The highest BCUT2D eigenvalue weighted by molar-refractivity contribution is 4.77. The summed E-state index contributed by atoms with van der Waals surface area (Å²) in [6.07, 6.45) is 7.01. The van der Waals surface area contributed by atoms with E-state index in [0.29, 0.717) is 0 Å². The van der Waals surface area contributed by atoms with E-state index in [1.807, 2.05) is 0 Å². The summed E-state index contributed by atoms with van der Waals surface area (Å²) in [4.78, 5) is 0. The van der Waals surface area contributed by atoms with E-state index in [1.165, 1.54) is 38.6 Å². The summed E-state index contributed by atoms with van der Waals surface area (Å²) in [5, 5.41) is 3.84. The van der Waals surface area contributed by atoms with Crippen molar-refractivity contribution in [1.29, 1.82) is 0 Å². The highest BCUT2D eigenvalue weighted by Gasteiger charge is 2.22. The largest absolute Gasteiger partial charge is 0.314 e. The van der Waals surface area contributed by atoms with Gasteiger partial charge in [0.2, 0.25) is 0 Å². The minimum absolute atomic E-state index is 0.742. The van der Waals surface area contributed by atoms with Crippen molar-refractivity contribution in [3.8, 4) is 0 Å². The van der Waals surface area contributed by atoms with E-state index in [9.17, 15) is 0 Å². The summed E-state index contributed by atoms with van der Waals surface area (Å²) in [7, 11) is 0. The van der Waals surface area contributed by atoms with Gasteiger partial charge >= 0.3 is 0 Å². The summed E-state index contributed by atoms with van der Waals surface area (Å²) < 4.78 is 0. The predicted molar refractivity (Wildman–Crippen MR) is 77.2 cm³/mol. The van der Waals surface area contributed by atoms with Gasteiger partial charge in [0.1, 0.15) is 0 Å². The molecule has 0 aliphatic heterocycles. The van der Waals surface area contributed by atoms with Gasteiger partial charge in [-0.2, -0.15) is 0 Å². The van der Waals surface area contributed by atoms with Crippen LogP contribution < -0.4 is 5.32 Å². The molecule has 2 atom stereocenters. The topological polar surface area (TPSA) is 12.0 Å². The maximum atomic E-state index is 3.84. The Morgan fingerprint density at radius 3 is 2.00 bits per heavy atom. The van der Waals surface area contributed by atoms with Crippen molar-refractivity contribution in [3.05, 3.63) is 0 Å². The molecule has 0 bridgehead atoms. The van der Waals surface area contributed by atoms with E-state index in [-0.39, 0.29) is 0 Å². The zero-order valence-corrected chi connectivity index (χ0v) is 12.6. The van der Waals surface area contributed by atoms with E-state index in [1.54, 1.807) is 0 Å². The highest BCUT2D eigenvalue weighted by atomic mass is 14.9. The third kappa shape index (κ3) is 6.45. The van der Waals surface area contributed by atoms with Gasteiger partial charge in [0.25, 0.3) is 0 Å². The van der Waals surface area contributed by atoms with Crippen LogP contribution in [0.5, 0.6) is 0 Å². The van der Waals surface area contributed by atoms with Gasteiger partial charge in [-0.15, -0.1) is 0 Å². The van der Waals surface area contributed by atoms with Crippen molar-refractivity contribution in [2.75, 3.05) is 6.54 Å². The summed E-state index contributed by atoms with van der Waals surface area (Å²) >= 11 is 0. The molecule has 0 aromatic carbocycles. The maximum absolute atomic E-state index is 3.84. The second-order valence-corrected chi connectivity index (χ2v) is 7.15. The first-order valence-corrected chi connectivity index (χ1v) is 7.70. The number of hydrogen-bond acceptors (Lipinski definition) is 1. The number of nitrogens with one attached hydrogen (secondary N) is 1. The van der Waals surface area contributed by atoms with E-state index in [2.05, 4.69) is 39.9 Å². The first kappa shape index (κ1) is 15.0. The number of rotatable bonds is 7. The van der Waals surface area contributed by atoms with Crippen LogP contribution in [0.2, 0.25) is 0 Å². The van der Waals surface area contributed by atoms with Gasteiger partial charge in [0, 0.05) is 6.04 Å². The Balaban J connectivity index is 2.27. The van der Waals surface area contributed by atoms with E-state index in [0.717, 1.165) is 29.7 Å². The minimum Gasteiger partial charge on any atom is -0.314 e. The monoisotopic (exact) mass is 239 g/mol. The van der Waals surface area contributed by atoms with Crippen molar-refractivity contribution in [2.45, 2.75) is 72.8 Å². The lowest BCUT2D eigenvalue weighted by Crippen LogP contribution is -2.35. The molecule has 17 heavy (non-hydrogen) atoms. The first-order chi connectivity index (χ1) is 7.97. The molecule has 0 saturated heterocycles. The summed E-state index contributed by atoms with van der Waals surface area (Å²) in [6.45, 7) is 13.0. The molecule has 0 aromatic heterocycles. The lowest BCUT2D eigenvalue weighted by molar-refractivity contribution is 0.334. The van der Waals surface area contributed by atoms with Crippen molar-refractivity contribution < 1.29 is 0 Å². The van der Waals surface area contributed by atoms with Crippen molar-refractivity contribution in [2.24, 2.45) is 23.7 Å². The third-order valence-corrected chi connectivity index (χ3v) is 4.01. The normalized spacial score (nSPS) is 25.4. The lowest BCUT2D eigenvalue weighted by Gasteiger charge is -2.24. The summed E-state index contributed by atoms with van der Waals surface area (Å²) in [5.41, 5.74) is 0. The van der Waals surface area contributed by atoms with Crippen molar-refractivity contribution in [3.63, 3.8) is 0 Å². The fourth-order valence-electron chi connectivity index (χ4n) is 3.24. The SMILES string of the molecule is CC(C)CC(CC(C)C)NCC1CCC(C)C1. The van der Waals surface area contributed by atoms with Crippen molar-refractivity contribution >= 4 is 0 Å². The Hall–Kier alpha value is -0.0400. The average Bonchev–Trinajstić information content (AvgIpc) is 2.59. The van der Waals surface area contributed by atoms with Crippen molar-refractivity contribution in [1.82, 2.24) is 5.32 Å². The maximum Gasteiger partial charge on any atom is 0.00720 e. The van der Waals surface area contributed by atoms with E-state index in [4.69, 9.17) is 0 Å². The molecule has 1 aliphatic carbocycles. The lowest BCUT2D eigenvalue weighted by atomic mass is 9.95. The summed E-state index contributed by atoms with van der Waals surface area (Å²) in [5.74, 6) is 3.55. The Kier molecular flexibility index (Phi) is 6.54. The van der Waals surface area contributed by atoms with Gasteiger partial charge in [-0.25, -0.2) is 0 Å². The van der Waals surface area contributed by atoms with Crippen LogP contribution in [0.1, 0.15) is 66.7 Å². The molecule has 0 radical (unpaired) electrons. The molecule has 1 fully saturated rings. The molecule has 1 heteroatoms. The molecule has 1 saturated carbocycles.